The van der Waals surface area contributed by atoms with Gasteiger partial charge in [0, 0.05) is 43.2 Å². The van der Waals surface area contributed by atoms with Gasteiger partial charge in [-0.2, -0.15) is 0 Å². The molecule has 0 fully saturated rings. The van der Waals surface area contributed by atoms with Crippen LogP contribution in [0.3, 0.4) is 0 Å². The Balaban J connectivity index is 1.50. The van der Waals surface area contributed by atoms with Crippen molar-refractivity contribution in [3.8, 4) is 0 Å². The summed E-state index contributed by atoms with van der Waals surface area (Å²) in [5.74, 6) is -0.357. The van der Waals surface area contributed by atoms with Gasteiger partial charge >= 0.3 is 0 Å². The first kappa shape index (κ1) is 20.9. The summed E-state index contributed by atoms with van der Waals surface area (Å²) < 4.78 is 1.83. The van der Waals surface area contributed by atoms with Crippen molar-refractivity contribution < 1.29 is 9.59 Å². The van der Waals surface area contributed by atoms with Crippen molar-refractivity contribution >= 4 is 40.7 Å². The van der Waals surface area contributed by atoms with Crippen LogP contribution in [0.15, 0.2) is 61.2 Å². The van der Waals surface area contributed by atoms with Crippen LogP contribution in [0.5, 0.6) is 0 Å². The molecule has 6 nitrogen and oxygen atoms in total. The first-order valence-corrected chi connectivity index (χ1v) is 9.85. The van der Waals surface area contributed by atoms with Crippen LogP contribution in [0.4, 0.5) is 5.69 Å². The van der Waals surface area contributed by atoms with E-state index in [1.54, 1.807) is 49.1 Å². The van der Waals surface area contributed by atoms with E-state index in [2.05, 4.69) is 15.6 Å². The number of carbonyl (C=O) groups excluding carboxylic acids is 2. The first-order valence-electron chi connectivity index (χ1n) is 9.09. The van der Waals surface area contributed by atoms with Crippen LogP contribution in [0.25, 0.3) is 0 Å². The van der Waals surface area contributed by atoms with Crippen molar-refractivity contribution in [3.63, 3.8) is 0 Å². The number of benzene rings is 2. The van der Waals surface area contributed by atoms with Gasteiger partial charge < -0.3 is 15.2 Å². The fourth-order valence-corrected chi connectivity index (χ4v) is 3.18. The van der Waals surface area contributed by atoms with Crippen molar-refractivity contribution in [3.05, 3.63) is 82.4 Å². The van der Waals surface area contributed by atoms with E-state index in [9.17, 15) is 9.59 Å². The number of nitrogens with zero attached hydrogens (tertiary/aromatic N) is 2. The van der Waals surface area contributed by atoms with Crippen LogP contribution in [0, 0.1) is 0 Å². The monoisotopic (exact) mass is 430 g/mol. The molecule has 3 aromatic rings. The third kappa shape index (κ3) is 6.07. The molecule has 29 heavy (non-hydrogen) atoms. The molecule has 2 N–H and O–H groups in total. The van der Waals surface area contributed by atoms with Crippen LogP contribution in [0.2, 0.25) is 10.0 Å². The van der Waals surface area contributed by atoms with Gasteiger partial charge in [0.15, 0.2) is 0 Å². The summed E-state index contributed by atoms with van der Waals surface area (Å²) in [6.45, 7) is 0.957. The summed E-state index contributed by atoms with van der Waals surface area (Å²) >= 11 is 12.2. The Kier molecular flexibility index (Phi) is 7.27. The van der Waals surface area contributed by atoms with Gasteiger partial charge in [0.2, 0.25) is 5.91 Å². The van der Waals surface area contributed by atoms with Gasteiger partial charge in [-0.3, -0.25) is 9.59 Å². The van der Waals surface area contributed by atoms with Crippen molar-refractivity contribution in [1.29, 1.82) is 0 Å². The highest BCUT2D eigenvalue weighted by atomic mass is 35.5. The highest BCUT2D eigenvalue weighted by Crippen LogP contribution is 2.25. The number of carbonyl (C=O) groups is 2. The summed E-state index contributed by atoms with van der Waals surface area (Å²) in [7, 11) is 0. The largest absolute Gasteiger partial charge is 0.352 e. The maximum absolute atomic E-state index is 12.4. The highest BCUT2D eigenvalue weighted by molar-refractivity contribution is 6.42. The molecule has 0 spiro atoms. The van der Waals surface area contributed by atoms with Gasteiger partial charge in [-0.05, 0) is 36.2 Å². The van der Waals surface area contributed by atoms with Crippen LogP contribution < -0.4 is 10.6 Å². The number of anilines is 1. The number of amides is 2. The van der Waals surface area contributed by atoms with Gasteiger partial charge in [0.1, 0.15) is 0 Å². The molecule has 8 heteroatoms. The molecule has 3 rings (SSSR count). The number of imidazole rings is 1. The number of hydrogen-bond acceptors (Lipinski definition) is 3. The normalized spacial score (nSPS) is 10.6. The fraction of sp³-hybridized carbons (Fsp3) is 0.190. The molecule has 1 aromatic heterocycles. The lowest BCUT2D eigenvalue weighted by Crippen LogP contribution is -2.26. The lowest BCUT2D eigenvalue weighted by Gasteiger charge is -2.10. The molecular weight excluding hydrogens is 411 g/mol. The molecule has 0 unspecified atom stereocenters. The average Bonchev–Trinajstić information content (AvgIpc) is 3.23. The van der Waals surface area contributed by atoms with E-state index in [1.165, 1.54) is 0 Å². The maximum Gasteiger partial charge on any atom is 0.251 e. The van der Waals surface area contributed by atoms with Crippen molar-refractivity contribution in [2.24, 2.45) is 0 Å². The van der Waals surface area contributed by atoms with E-state index in [0.29, 0.717) is 47.2 Å². The number of nitrogens with one attached hydrogen (secondary N) is 2. The smallest absolute Gasteiger partial charge is 0.251 e. The van der Waals surface area contributed by atoms with Crippen molar-refractivity contribution in [1.82, 2.24) is 14.9 Å². The Hall–Kier alpha value is -2.83. The van der Waals surface area contributed by atoms with Gasteiger partial charge in [-0.1, -0.05) is 41.4 Å². The first-order chi connectivity index (χ1) is 14.0. The SMILES string of the molecule is O=C(CCn1ccnc1)Nc1cccc(C(=O)NCCc2cccc(Cl)c2Cl)c1. The molecular formula is C21H20Cl2N4O2. The van der Waals surface area contributed by atoms with Crippen LogP contribution in [-0.2, 0) is 17.8 Å². The minimum atomic E-state index is -0.224. The Bertz CT molecular complexity index is 990. The molecule has 0 saturated carbocycles. The molecule has 2 amide bonds. The van der Waals surface area contributed by atoms with Crippen molar-refractivity contribution in [2.75, 3.05) is 11.9 Å². The molecule has 2 aromatic carbocycles. The second-order valence-electron chi connectivity index (χ2n) is 6.40. The molecule has 1 heterocycles. The number of aromatic nitrogens is 2. The number of halogens is 2. The molecule has 0 aliphatic rings. The number of aryl methyl sites for hydroxylation is 1. The van der Waals surface area contributed by atoms with E-state index in [0.717, 1.165) is 5.56 Å². The van der Waals surface area contributed by atoms with Crippen LogP contribution >= 0.6 is 23.2 Å². The van der Waals surface area contributed by atoms with Crippen LogP contribution in [-0.4, -0.2) is 27.9 Å². The minimum absolute atomic E-state index is 0.133. The average molecular weight is 431 g/mol. The zero-order valence-corrected chi connectivity index (χ0v) is 17.1. The van der Waals surface area contributed by atoms with E-state index >= 15 is 0 Å². The lowest BCUT2D eigenvalue weighted by molar-refractivity contribution is -0.116. The van der Waals surface area contributed by atoms with E-state index in [4.69, 9.17) is 23.2 Å². The Morgan fingerprint density at radius 1 is 1.10 bits per heavy atom. The molecule has 0 aliphatic heterocycles. The van der Waals surface area contributed by atoms with Gasteiger partial charge in [0.25, 0.3) is 5.91 Å². The standard InChI is InChI=1S/C21H20Cl2N4O2/c22-18-6-2-3-15(20(18)23)7-9-25-21(29)16-4-1-5-17(13-16)26-19(28)8-11-27-12-10-24-14-27/h1-6,10,12-14H,7-9,11H2,(H,25,29)(H,26,28). The third-order valence-corrected chi connectivity index (χ3v) is 5.13. The number of rotatable bonds is 8. The Labute approximate surface area is 178 Å². The fourth-order valence-electron chi connectivity index (χ4n) is 2.77. The maximum atomic E-state index is 12.4. The van der Waals surface area contributed by atoms with Gasteiger partial charge in [-0.15, -0.1) is 0 Å². The Morgan fingerprint density at radius 3 is 2.72 bits per heavy atom. The van der Waals surface area contributed by atoms with Crippen molar-refractivity contribution in [2.45, 2.75) is 19.4 Å². The zero-order chi connectivity index (χ0) is 20.6. The predicted molar refractivity (Wildman–Crippen MR) is 114 cm³/mol. The number of hydrogen-bond donors (Lipinski definition) is 2. The van der Waals surface area contributed by atoms with Crippen LogP contribution in [0.1, 0.15) is 22.3 Å². The summed E-state index contributed by atoms with van der Waals surface area (Å²) in [6.07, 6.45) is 6.01. The quantitative estimate of drug-likeness (QED) is 0.562. The summed E-state index contributed by atoms with van der Waals surface area (Å²) in [4.78, 5) is 28.5. The summed E-state index contributed by atoms with van der Waals surface area (Å²) in [5.41, 5.74) is 1.92. The second-order valence-corrected chi connectivity index (χ2v) is 7.18. The lowest BCUT2D eigenvalue weighted by atomic mass is 10.1. The van der Waals surface area contributed by atoms with E-state index < -0.39 is 0 Å². The molecule has 0 atom stereocenters. The van der Waals surface area contributed by atoms with Gasteiger partial charge in [0.05, 0.1) is 16.4 Å². The molecule has 0 aliphatic carbocycles. The third-order valence-electron chi connectivity index (χ3n) is 4.28. The Morgan fingerprint density at radius 2 is 1.93 bits per heavy atom. The predicted octanol–water partition coefficient (Wildman–Crippen LogP) is 4.19. The van der Waals surface area contributed by atoms with E-state index in [1.807, 2.05) is 16.7 Å². The molecule has 0 saturated heterocycles. The summed E-state index contributed by atoms with van der Waals surface area (Å²) in [5, 5.41) is 6.66. The zero-order valence-electron chi connectivity index (χ0n) is 15.6. The molecule has 0 bridgehead atoms. The van der Waals surface area contributed by atoms with E-state index in [-0.39, 0.29) is 11.8 Å². The minimum Gasteiger partial charge on any atom is -0.352 e. The topological polar surface area (TPSA) is 76.0 Å². The molecule has 150 valence electrons. The summed E-state index contributed by atoms with van der Waals surface area (Å²) in [6, 6.07) is 12.2. The highest BCUT2D eigenvalue weighted by Gasteiger charge is 2.09. The van der Waals surface area contributed by atoms with Gasteiger partial charge in [-0.25, -0.2) is 4.98 Å². The molecule has 0 radical (unpaired) electrons. The second kappa shape index (κ2) is 10.1.